The average Bonchev–Trinajstić information content (AvgIpc) is 2.87. The lowest BCUT2D eigenvalue weighted by molar-refractivity contribution is -0.122. The van der Waals surface area contributed by atoms with Crippen LogP contribution in [0.1, 0.15) is 60.4 Å². The number of ether oxygens (including phenoxy) is 3. The van der Waals surface area contributed by atoms with Crippen LogP contribution in [-0.4, -0.2) is 25.1 Å². The summed E-state index contributed by atoms with van der Waals surface area (Å²) in [5.41, 5.74) is 4.57. The first kappa shape index (κ1) is 23.6. The van der Waals surface area contributed by atoms with E-state index in [-0.39, 0.29) is 17.9 Å². The highest BCUT2D eigenvalue weighted by Gasteiger charge is 2.24. The van der Waals surface area contributed by atoms with Crippen molar-refractivity contribution in [2.75, 3.05) is 14.2 Å². The zero-order valence-electron chi connectivity index (χ0n) is 20.0. The zero-order chi connectivity index (χ0) is 23.9. The second kappa shape index (κ2) is 11.1. The van der Waals surface area contributed by atoms with Crippen molar-refractivity contribution in [2.24, 2.45) is 0 Å². The number of fused-ring (bicyclic) bond motifs is 1. The van der Waals surface area contributed by atoms with Crippen LogP contribution < -0.4 is 19.5 Å². The van der Waals surface area contributed by atoms with E-state index in [1.54, 1.807) is 26.6 Å². The zero-order valence-corrected chi connectivity index (χ0v) is 20.0. The van der Waals surface area contributed by atoms with Gasteiger partial charge in [0.2, 0.25) is 5.91 Å². The largest absolute Gasteiger partial charge is 0.497 e. The Bertz CT molecular complexity index is 1120. The normalized spacial score (nSPS) is 15.7. The molecular weight excluding hydrogens is 428 g/mol. The lowest BCUT2D eigenvalue weighted by Gasteiger charge is -2.26. The van der Waals surface area contributed by atoms with Crippen LogP contribution in [-0.2, 0) is 17.8 Å². The predicted molar refractivity (Wildman–Crippen MR) is 131 cm³/mol. The van der Waals surface area contributed by atoms with Crippen LogP contribution in [0, 0.1) is 0 Å². The van der Waals surface area contributed by atoms with Crippen LogP contribution in [0.5, 0.6) is 17.2 Å². The van der Waals surface area contributed by atoms with Gasteiger partial charge in [-0.25, -0.2) is 0 Å². The molecule has 0 spiro atoms. The second-order valence-electron chi connectivity index (χ2n) is 8.70. The fourth-order valence-corrected chi connectivity index (χ4v) is 4.55. The van der Waals surface area contributed by atoms with Gasteiger partial charge in [-0.1, -0.05) is 12.1 Å². The summed E-state index contributed by atoms with van der Waals surface area (Å²) in [4.78, 5) is 16.9. The first-order chi connectivity index (χ1) is 16.6. The summed E-state index contributed by atoms with van der Waals surface area (Å²) in [5, 5.41) is 3.16. The molecule has 2 unspecified atom stereocenters. The van der Waals surface area contributed by atoms with Crippen molar-refractivity contribution in [3.8, 4) is 17.2 Å². The molecule has 2 atom stereocenters. The average molecular weight is 461 g/mol. The summed E-state index contributed by atoms with van der Waals surface area (Å²) >= 11 is 0. The number of aryl methyl sites for hydroxylation is 1. The molecular formula is C28H32N2O4. The van der Waals surface area contributed by atoms with Crippen molar-refractivity contribution in [3.05, 3.63) is 83.2 Å². The summed E-state index contributed by atoms with van der Waals surface area (Å²) in [6.07, 6.45) is 7.12. The Morgan fingerprint density at radius 3 is 2.65 bits per heavy atom. The molecule has 1 aromatic heterocycles. The maximum atomic E-state index is 12.9. The number of carbonyl (C=O) groups excluding carboxylic acids is 1. The Labute approximate surface area is 201 Å². The van der Waals surface area contributed by atoms with Gasteiger partial charge in [0.25, 0.3) is 0 Å². The van der Waals surface area contributed by atoms with Gasteiger partial charge >= 0.3 is 0 Å². The first-order valence-corrected chi connectivity index (χ1v) is 11.7. The molecule has 178 valence electrons. The molecule has 1 N–H and O–H groups in total. The molecule has 1 heterocycles. The molecule has 0 saturated heterocycles. The fourth-order valence-electron chi connectivity index (χ4n) is 4.55. The van der Waals surface area contributed by atoms with Gasteiger partial charge in [-0.3, -0.25) is 9.78 Å². The number of amides is 1. The Hall–Kier alpha value is -3.54. The third kappa shape index (κ3) is 5.68. The first-order valence-electron chi connectivity index (χ1n) is 11.7. The monoisotopic (exact) mass is 460 g/mol. The van der Waals surface area contributed by atoms with Gasteiger partial charge in [0.05, 0.1) is 20.3 Å². The van der Waals surface area contributed by atoms with Gasteiger partial charge in [-0.2, -0.15) is 0 Å². The van der Waals surface area contributed by atoms with E-state index in [9.17, 15) is 4.79 Å². The van der Waals surface area contributed by atoms with E-state index in [4.69, 9.17) is 14.2 Å². The Kier molecular flexibility index (Phi) is 7.68. The van der Waals surface area contributed by atoms with Crippen molar-refractivity contribution < 1.29 is 19.0 Å². The van der Waals surface area contributed by atoms with Gasteiger partial charge in [0.15, 0.2) is 11.5 Å². The van der Waals surface area contributed by atoms with Gasteiger partial charge < -0.3 is 19.5 Å². The lowest BCUT2D eigenvalue weighted by atomic mass is 9.81. The van der Waals surface area contributed by atoms with Crippen LogP contribution in [0.25, 0.3) is 0 Å². The molecule has 1 amide bonds. The number of hydrogen-bond donors (Lipinski definition) is 1. The Morgan fingerprint density at radius 1 is 1.06 bits per heavy atom. The third-order valence-electron chi connectivity index (χ3n) is 6.43. The number of nitrogens with one attached hydrogen (secondary N) is 1. The smallest absolute Gasteiger partial charge is 0.221 e. The van der Waals surface area contributed by atoms with Gasteiger partial charge in [-0.15, -0.1) is 0 Å². The predicted octanol–water partition coefficient (Wildman–Crippen LogP) is 5.37. The molecule has 3 aromatic rings. The molecule has 0 fully saturated rings. The summed E-state index contributed by atoms with van der Waals surface area (Å²) in [7, 11) is 3.31. The fraction of sp³-hybridized carbons (Fsp3) is 0.357. The van der Waals surface area contributed by atoms with E-state index in [1.165, 1.54) is 11.1 Å². The van der Waals surface area contributed by atoms with E-state index in [0.29, 0.717) is 24.5 Å². The number of rotatable bonds is 9. The second-order valence-corrected chi connectivity index (χ2v) is 8.70. The number of carbonyl (C=O) groups is 1. The van der Waals surface area contributed by atoms with E-state index in [2.05, 4.69) is 22.4 Å². The molecule has 0 radical (unpaired) electrons. The van der Waals surface area contributed by atoms with Gasteiger partial charge in [0, 0.05) is 18.8 Å². The van der Waals surface area contributed by atoms with Crippen molar-refractivity contribution in [2.45, 2.75) is 51.2 Å². The van der Waals surface area contributed by atoms with Crippen molar-refractivity contribution in [1.29, 1.82) is 0 Å². The molecule has 0 bridgehead atoms. The van der Waals surface area contributed by atoms with E-state index in [1.807, 2.05) is 43.3 Å². The summed E-state index contributed by atoms with van der Waals surface area (Å²) < 4.78 is 16.8. The topological polar surface area (TPSA) is 69.7 Å². The highest BCUT2D eigenvalue weighted by Crippen LogP contribution is 2.36. The number of aromatic nitrogens is 1. The van der Waals surface area contributed by atoms with E-state index < -0.39 is 0 Å². The molecule has 1 aliphatic rings. The van der Waals surface area contributed by atoms with Crippen LogP contribution in [0.15, 0.2) is 60.9 Å². The maximum Gasteiger partial charge on any atom is 0.221 e. The minimum atomic E-state index is -0.144. The number of nitrogens with zero attached hydrogens (tertiary/aromatic N) is 1. The van der Waals surface area contributed by atoms with Crippen LogP contribution >= 0.6 is 0 Å². The quantitative estimate of drug-likeness (QED) is 0.465. The molecule has 2 aromatic carbocycles. The van der Waals surface area contributed by atoms with E-state index >= 15 is 0 Å². The summed E-state index contributed by atoms with van der Waals surface area (Å²) in [5.74, 6) is 2.47. The van der Waals surface area contributed by atoms with Crippen molar-refractivity contribution >= 4 is 5.91 Å². The van der Waals surface area contributed by atoms with Gasteiger partial charge in [0.1, 0.15) is 12.4 Å². The lowest BCUT2D eigenvalue weighted by Crippen LogP contribution is -2.28. The molecule has 0 aliphatic heterocycles. The number of pyridine rings is 1. The Balaban J connectivity index is 1.38. The molecule has 6 heteroatoms. The SMILES string of the molecule is COc1ccc2c(c1)CCCC2CC(=O)NC(C)c1ccc(OCc2ccncc2)c(OC)c1. The van der Waals surface area contributed by atoms with Gasteiger partial charge in [-0.05, 0) is 90.8 Å². The van der Waals surface area contributed by atoms with Crippen LogP contribution in [0.2, 0.25) is 0 Å². The Morgan fingerprint density at radius 2 is 1.88 bits per heavy atom. The van der Waals surface area contributed by atoms with Crippen molar-refractivity contribution in [3.63, 3.8) is 0 Å². The molecule has 34 heavy (non-hydrogen) atoms. The standard InChI is InChI=1S/C28H32N2O4/c1-19(21-7-10-26(27(16-21)33-3)34-18-20-11-13-29-14-12-20)30-28(31)17-23-6-4-5-22-15-24(32-2)8-9-25(22)23/h7-16,19,23H,4-6,17-18H2,1-3H3,(H,30,31). The minimum absolute atomic E-state index is 0.0538. The maximum absolute atomic E-state index is 12.9. The number of hydrogen-bond acceptors (Lipinski definition) is 5. The highest BCUT2D eigenvalue weighted by atomic mass is 16.5. The van der Waals surface area contributed by atoms with Crippen LogP contribution in [0.4, 0.5) is 0 Å². The summed E-state index contributed by atoms with van der Waals surface area (Å²) in [6, 6.07) is 15.7. The number of methoxy groups -OCH3 is 2. The minimum Gasteiger partial charge on any atom is -0.497 e. The molecule has 6 nitrogen and oxygen atoms in total. The van der Waals surface area contributed by atoms with Crippen LogP contribution in [0.3, 0.4) is 0 Å². The molecule has 0 saturated carbocycles. The molecule has 1 aliphatic carbocycles. The third-order valence-corrected chi connectivity index (χ3v) is 6.43. The highest BCUT2D eigenvalue weighted by molar-refractivity contribution is 5.77. The summed E-state index contributed by atoms with van der Waals surface area (Å²) in [6.45, 7) is 2.42. The number of benzene rings is 2. The van der Waals surface area contributed by atoms with E-state index in [0.717, 1.165) is 36.1 Å². The van der Waals surface area contributed by atoms with Crippen molar-refractivity contribution in [1.82, 2.24) is 10.3 Å². The molecule has 4 rings (SSSR count).